The van der Waals surface area contributed by atoms with Crippen LogP contribution in [0.15, 0.2) is 79.3 Å². The van der Waals surface area contributed by atoms with Crippen LogP contribution in [0.1, 0.15) is 83.4 Å². The molecule has 0 radical (unpaired) electrons. The maximum Gasteiger partial charge on any atom is 0.416 e. The van der Waals surface area contributed by atoms with Crippen LogP contribution in [0.25, 0.3) is 0 Å². The summed E-state index contributed by atoms with van der Waals surface area (Å²) in [6, 6.07) is 12.1. The van der Waals surface area contributed by atoms with Gasteiger partial charge in [0.15, 0.2) is 0 Å². The van der Waals surface area contributed by atoms with E-state index in [1.165, 1.54) is 48.4 Å². The topological polar surface area (TPSA) is 134 Å². The summed E-state index contributed by atoms with van der Waals surface area (Å²) in [4.78, 5) is 36.0. The van der Waals surface area contributed by atoms with Gasteiger partial charge >= 0.3 is 18.4 Å². The number of aromatic amines is 2. The van der Waals surface area contributed by atoms with Crippen molar-refractivity contribution < 1.29 is 44.9 Å². The molecule has 4 aromatic rings. The van der Waals surface area contributed by atoms with Crippen LogP contribution in [0.3, 0.4) is 0 Å². The number of amides is 1. The molecule has 6 rings (SSSR count). The van der Waals surface area contributed by atoms with Crippen LogP contribution in [0, 0.1) is 0 Å². The average molecular weight is 683 g/mol. The van der Waals surface area contributed by atoms with Crippen molar-refractivity contribution in [3.05, 3.63) is 115 Å². The van der Waals surface area contributed by atoms with E-state index in [9.17, 15) is 40.7 Å². The van der Waals surface area contributed by atoms with E-state index in [1.807, 2.05) is 0 Å². The van der Waals surface area contributed by atoms with Crippen molar-refractivity contribution >= 4 is 6.09 Å². The summed E-state index contributed by atoms with van der Waals surface area (Å²) in [5.74, 6) is 1.01. The number of ether oxygens (including phenoxy) is 1. The second-order valence-corrected chi connectivity index (χ2v) is 11.6. The number of nitrogens with zero attached hydrogens (tertiary/aromatic N) is 1. The van der Waals surface area contributed by atoms with Crippen LogP contribution < -0.4 is 16.4 Å². The molecule has 2 fully saturated rings. The van der Waals surface area contributed by atoms with E-state index >= 15 is 0 Å². The number of carbonyl (C=O) groups excluding carboxylic acids is 1. The molecule has 0 saturated carbocycles. The van der Waals surface area contributed by atoms with Crippen LogP contribution in [-0.2, 0) is 17.1 Å². The number of piperidine rings is 2. The van der Waals surface area contributed by atoms with E-state index in [0.717, 1.165) is 36.2 Å². The van der Waals surface area contributed by atoms with E-state index in [1.54, 1.807) is 0 Å². The molecule has 16 heteroatoms. The number of rotatable bonds is 4. The summed E-state index contributed by atoms with van der Waals surface area (Å²) in [5.41, 5.74) is -0.683. The van der Waals surface area contributed by atoms with Gasteiger partial charge in [-0.3, -0.25) is 9.59 Å². The molecule has 10 nitrogen and oxygen atoms in total. The molecule has 2 saturated heterocycles. The SMILES string of the molecule is COC(=O)N1CC[C@H](c2cc(=O)[nH]o2)C[C@@H]1c1ccc(C(F)(F)F)cc1.O=c1cc([C@H]2CCN[C@@H](c3ccc(C(F)(F)F)cc3)C2)o[nH]1. The quantitative estimate of drug-likeness (QED) is 0.200. The van der Waals surface area contributed by atoms with Crippen molar-refractivity contribution in [3.8, 4) is 0 Å². The molecule has 2 aromatic heterocycles. The minimum Gasteiger partial charge on any atom is -0.453 e. The highest BCUT2D eigenvalue weighted by atomic mass is 19.4. The number of hydrogen-bond donors (Lipinski definition) is 3. The first-order valence-corrected chi connectivity index (χ1v) is 15.0. The van der Waals surface area contributed by atoms with Gasteiger partial charge in [-0.1, -0.05) is 24.3 Å². The fourth-order valence-electron chi connectivity index (χ4n) is 6.10. The van der Waals surface area contributed by atoms with Crippen LogP contribution in [0.4, 0.5) is 31.1 Å². The predicted molar refractivity (Wildman–Crippen MR) is 158 cm³/mol. The highest BCUT2D eigenvalue weighted by Gasteiger charge is 2.37. The summed E-state index contributed by atoms with van der Waals surface area (Å²) in [6.07, 6.45) is -6.86. The summed E-state index contributed by atoms with van der Waals surface area (Å²) in [7, 11) is 1.25. The number of aromatic nitrogens is 2. The smallest absolute Gasteiger partial charge is 0.416 e. The highest BCUT2D eigenvalue weighted by molar-refractivity contribution is 5.68. The third kappa shape index (κ3) is 8.21. The first kappa shape index (κ1) is 34.6. The van der Waals surface area contributed by atoms with Crippen LogP contribution in [0.5, 0.6) is 0 Å². The number of nitrogens with one attached hydrogen (secondary N) is 3. The van der Waals surface area contributed by atoms with Crippen molar-refractivity contribution in [1.29, 1.82) is 0 Å². The lowest BCUT2D eigenvalue weighted by atomic mass is 9.85. The third-order valence-corrected chi connectivity index (χ3v) is 8.57. The molecule has 2 aliphatic rings. The predicted octanol–water partition coefficient (Wildman–Crippen LogP) is 6.87. The molecule has 0 unspecified atom stereocenters. The molecule has 2 aromatic carbocycles. The maximum atomic E-state index is 12.8. The van der Waals surface area contributed by atoms with Crippen LogP contribution >= 0.6 is 0 Å². The minimum absolute atomic E-state index is 0.0544. The molecule has 0 aliphatic carbocycles. The lowest BCUT2D eigenvalue weighted by Crippen LogP contribution is -2.40. The van der Waals surface area contributed by atoms with Gasteiger partial charge in [-0.15, -0.1) is 0 Å². The molecule has 258 valence electrons. The second kappa shape index (κ2) is 14.2. The molecule has 4 atom stereocenters. The lowest BCUT2D eigenvalue weighted by molar-refractivity contribution is -0.138. The fraction of sp³-hybridized carbons (Fsp3) is 0.406. The minimum atomic E-state index is -4.43. The van der Waals surface area contributed by atoms with Crippen LogP contribution in [-0.4, -0.2) is 41.5 Å². The lowest BCUT2D eigenvalue weighted by Gasteiger charge is -2.38. The number of methoxy groups -OCH3 is 1. The van der Waals surface area contributed by atoms with Gasteiger partial charge in [0.2, 0.25) is 0 Å². The first-order chi connectivity index (χ1) is 22.7. The fourth-order valence-corrected chi connectivity index (χ4v) is 6.10. The number of likely N-dealkylation sites (tertiary alicyclic amines) is 1. The highest BCUT2D eigenvalue weighted by Crippen LogP contribution is 2.40. The molecular weight excluding hydrogens is 650 g/mol. The van der Waals surface area contributed by atoms with Crippen molar-refractivity contribution in [2.75, 3.05) is 20.2 Å². The van der Waals surface area contributed by atoms with Crippen molar-refractivity contribution in [3.63, 3.8) is 0 Å². The molecule has 0 bridgehead atoms. The Morgan fingerprint density at radius 2 is 1.27 bits per heavy atom. The first-order valence-electron chi connectivity index (χ1n) is 15.0. The molecule has 3 N–H and O–H groups in total. The standard InChI is InChI=1S/C17H17F3N2O4.C15H15F3N2O2/c1-25-16(24)22-7-6-11(14-9-15(23)21-26-14)8-13(22)10-2-4-12(5-3-10)17(18,19)20;16-15(17,18)11-3-1-9(2-4-11)12-7-10(5-6-19-12)13-8-14(21)20-22-13/h2-5,9,11,13H,6-8H2,1H3,(H,21,23);1-4,8,10,12,19H,5-7H2,(H,20,21)/t11-,13+;10-,12+/m00/s1. The average Bonchev–Trinajstić information content (AvgIpc) is 3.72. The zero-order valence-corrected chi connectivity index (χ0v) is 25.5. The number of hydrogen-bond acceptors (Lipinski definition) is 7. The van der Waals surface area contributed by atoms with Gasteiger partial charge in [0.25, 0.3) is 11.1 Å². The Morgan fingerprint density at radius 3 is 1.73 bits per heavy atom. The molecular formula is C32H32F6N4O6. The summed E-state index contributed by atoms with van der Waals surface area (Å²) in [6.45, 7) is 1.04. The van der Waals surface area contributed by atoms with E-state index in [2.05, 4.69) is 15.6 Å². The van der Waals surface area contributed by atoms with E-state index in [0.29, 0.717) is 49.4 Å². The Labute approximate surface area is 269 Å². The number of benzene rings is 2. The van der Waals surface area contributed by atoms with E-state index in [-0.39, 0.29) is 29.0 Å². The van der Waals surface area contributed by atoms with Gasteiger partial charge in [-0.05, 0) is 67.6 Å². The molecule has 1 amide bonds. The molecule has 48 heavy (non-hydrogen) atoms. The maximum absolute atomic E-state index is 12.8. The summed E-state index contributed by atoms with van der Waals surface area (Å²) in [5, 5.41) is 7.79. The summed E-state index contributed by atoms with van der Waals surface area (Å²) < 4.78 is 91.2. The van der Waals surface area contributed by atoms with E-state index < -0.39 is 35.6 Å². The third-order valence-electron chi connectivity index (χ3n) is 8.57. The van der Waals surface area contributed by atoms with Gasteiger partial charge in [-0.25, -0.2) is 4.79 Å². The monoisotopic (exact) mass is 682 g/mol. The van der Waals surface area contributed by atoms with Gasteiger partial charge in [-0.2, -0.15) is 36.7 Å². The Morgan fingerprint density at radius 1 is 0.771 bits per heavy atom. The Balaban J connectivity index is 0.000000190. The zero-order chi connectivity index (χ0) is 34.6. The normalized spacial score (nSPS) is 21.7. The molecule has 0 spiro atoms. The molecule has 4 heterocycles. The second-order valence-electron chi connectivity index (χ2n) is 11.6. The number of halogens is 6. The van der Waals surface area contributed by atoms with E-state index in [4.69, 9.17) is 13.8 Å². The summed E-state index contributed by atoms with van der Waals surface area (Å²) >= 11 is 0. The van der Waals surface area contributed by atoms with Gasteiger partial charge in [0, 0.05) is 36.6 Å². The Kier molecular flexibility index (Phi) is 10.2. The number of carbonyl (C=O) groups is 1. The Bertz CT molecular complexity index is 1770. The number of alkyl halides is 6. The van der Waals surface area contributed by atoms with Crippen molar-refractivity contribution in [2.45, 2.75) is 62.0 Å². The van der Waals surface area contributed by atoms with Gasteiger partial charge in [0.05, 0.1) is 24.3 Å². The van der Waals surface area contributed by atoms with Crippen molar-refractivity contribution in [2.24, 2.45) is 0 Å². The largest absolute Gasteiger partial charge is 0.453 e. The zero-order valence-electron chi connectivity index (χ0n) is 25.5. The van der Waals surface area contributed by atoms with Gasteiger partial charge < -0.3 is 24.0 Å². The Hall–Kier alpha value is -4.73. The molecule has 2 aliphatic heterocycles. The number of H-pyrrole nitrogens is 2. The van der Waals surface area contributed by atoms with Crippen molar-refractivity contribution in [1.82, 2.24) is 20.5 Å². The van der Waals surface area contributed by atoms with Crippen LogP contribution in [0.2, 0.25) is 0 Å². The van der Waals surface area contributed by atoms with Gasteiger partial charge in [0.1, 0.15) is 11.5 Å².